The van der Waals surface area contributed by atoms with Crippen molar-refractivity contribution in [1.29, 1.82) is 0 Å². The summed E-state index contributed by atoms with van der Waals surface area (Å²) >= 11 is 0.860. The molecule has 1 aliphatic rings. The number of fused-ring (bicyclic) bond motifs is 1. The smallest absolute Gasteiger partial charge is 0.422 e. The number of carbonyl (C=O) groups is 2. The quantitative estimate of drug-likeness (QED) is 0.580. The molecular weight excluding hydrogens is 465 g/mol. The van der Waals surface area contributed by atoms with Crippen LogP contribution in [0.1, 0.15) is 43.3 Å². The first-order chi connectivity index (χ1) is 15.2. The molecule has 0 unspecified atom stereocenters. The van der Waals surface area contributed by atoms with Crippen molar-refractivity contribution in [3.05, 3.63) is 4.88 Å². The molecule has 3 heterocycles. The maximum absolute atomic E-state index is 12.8. The van der Waals surface area contributed by atoms with E-state index in [0.717, 1.165) is 11.3 Å². The predicted molar refractivity (Wildman–Crippen MR) is 117 cm³/mol. The van der Waals surface area contributed by atoms with Crippen molar-refractivity contribution in [3.8, 4) is 5.88 Å². The number of alkyl carbamates (subject to hydrolysis) is 1. The van der Waals surface area contributed by atoms with Crippen LogP contribution in [0.2, 0.25) is 0 Å². The highest BCUT2D eigenvalue weighted by molar-refractivity contribution is 7.21. The Kier molecular flexibility index (Phi) is 6.77. The number of nitrogens with one attached hydrogen (secondary N) is 1. The van der Waals surface area contributed by atoms with Crippen molar-refractivity contribution >= 4 is 45.2 Å². The van der Waals surface area contributed by atoms with Gasteiger partial charge in [-0.05, 0) is 33.6 Å². The molecule has 0 spiro atoms. The number of hydrogen-bond donors (Lipinski definition) is 3. The lowest BCUT2D eigenvalue weighted by Crippen LogP contribution is -2.46. The minimum Gasteiger partial charge on any atom is -0.467 e. The number of nitrogens with two attached hydrogens (primary N) is 2. The van der Waals surface area contributed by atoms with Crippen molar-refractivity contribution in [2.45, 2.75) is 51.4 Å². The number of anilines is 2. The number of nitrogens with zero attached hydrogens (tertiary/aromatic N) is 3. The summed E-state index contributed by atoms with van der Waals surface area (Å²) in [5.74, 6) is -1.07. The molecule has 2 amide bonds. The zero-order valence-corrected chi connectivity index (χ0v) is 19.1. The number of hydrogen-bond acceptors (Lipinski definition) is 9. The SMILES string of the molecule is CC(C)(C)OC(=O)NC1CCN(c2nc(OCC(F)(F)F)c3c(N)c(C(N)=O)sc3n2)CC1. The van der Waals surface area contributed by atoms with E-state index in [1.807, 2.05) is 0 Å². The number of halogens is 3. The Bertz CT molecular complexity index is 1040. The summed E-state index contributed by atoms with van der Waals surface area (Å²) in [6.45, 7) is 4.57. The Morgan fingerprint density at radius 1 is 1.21 bits per heavy atom. The summed E-state index contributed by atoms with van der Waals surface area (Å²) in [5, 5.41) is 2.82. The lowest BCUT2D eigenvalue weighted by atomic mass is 10.1. The van der Waals surface area contributed by atoms with Gasteiger partial charge in [-0.25, -0.2) is 9.78 Å². The van der Waals surface area contributed by atoms with Crippen LogP contribution in [-0.2, 0) is 4.74 Å². The van der Waals surface area contributed by atoms with E-state index in [1.54, 1.807) is 25.7 Å². The molecule has 10 nitrogen and oxygen atoms in total. The first-order valence-electron chi connectivity index (χ1n) is 10.1. The normalized spacial score (nSPS) is 15.5. The van der Waals surface area contributed by atoms with Gasteiger partial charge in [-0.1, -0.05) is 0 Å². The van der Waals surface area contributed by atoms with Crippen LogP contribution in [0.15, 0.2) is 0 Å². The molecule has 182 valence electrons. The van der Waals surface area contributed by atoms with Crippen LogP contribution in [0.25, 0.3) is 10.2 Å². The fraction of sp³-hybridized carbons (Fsp3) is 0.579. The van der Waals surface area contributed by atoms with E-state index in [2.05, 4.69) is 15.3 Å². The molecular formula is C19H25F3N6O4S. The number of nitrogen functional groups attached to an aromatic ring is 1. The van der Waals surface area contributed by atoms with Gasteiger partial charge < -0.3 is 31.2 Å². The third-order valence-electron chi connectivity index (χ3n) is 4.64. The fourth-order valence-electron chi connectivity index (χ4n) is 3.26. The monoisotopic (exact) mass is 490 g/mol. The molecule has 1 saturated heterocycles. The Hall–Kier alpha value is -3.03. The second-order valence-electron chi connectivity index (χ2n) is 8.53. The van der Waals surface area contributed by atoms with E-state index in [0.29, 0.717) is 25.9 Å². The lowest BCUT2D eigenvalue weighted by molar-refractivity contribution is -0.153. The molecule has 1 fully saturated rings. The number of thiophene rings is 1. The Labute approximate surface area is 191 Å². The molecule has 0 radical (unpaired) electrons. The number of carbonyl (C=O) groups excluding carboxylic acids is 2. The first-order valence-corrected chi connectivity index (χ1v) is 10.9. The number of ether oxygens (including phenoxy) is 2. The predicted octanol–water partition coefficient (Wildman–Crippen LogP) is 2.81. The van der Waals surface area contributed by atoms with Crippen LogP contribution >= 0.6 is 11.3 Å². The third-order valence-corrected chi connectivity index (χ3v) is 5.75. The van der Waals surface area contributed by atoms with E-state index in [4.69, 9.17) is 20.9 Å². The largest absolute Gasteiger partial charge is 0.467 e. The third kappa shape index (κ3) is 6.27. The number of primary amides is 1. The van der Waals surface area contributed by atoms with Crippen LogP contribution in [0.4, 0.5) is 29.6 Å². The summed E-state index contributed by atoms with van der Waals surface area (Å²) in [4.78, 5) is 34.1. The molecule has 2 aromatic rings. The Morgan fingerprint density at radius 2 is 1.85 bits per heavy atom. The fourth-order valence-corrected chi connectivity index (χ4v) is 4.19. The summed E-state index contributed by atoms with van der Waals surface area (Å²) in [5.41, 5.74) is 10.5. The van der Waals surface area contributed by atoms with Crippen LogP contribution in [0.3, 0.4) is 0 Å². The summed E-state index contributed by atoms with van der Waals surface area (Å²) in [7, 11) is 0. The van der Waals surface area contributed by atoms with Gasteiger partial charge in [0, 0.05) is 19.1 Å². The van der Waals surface area contributed by atoms with Gasteiger partial charge in [0.05, 0.1) is 11.1 Å². The van der Waals surface area contributed by atoms with Gasteiger partial charge in [-0.15, -0.1) is 11.3 Å². The van der Waals surface area contributed by atoms with E-state index >= 15 is 0 Å². The maximum atomic E-state index is 12.8. The van der Waals surface area contributed by atoms with E-state index in [9.17, 15) is 22.8 Å². The average Bonchev–Trinajstić information content (AvgIpc) is 3.01. The molecule has 33 heavy (non-hydrogen) atoms. The minimum atomic E-state index is -4.60. The molecule has 0 saturated carbocycles. The molecule has 2 aromatic heterocycles. The Balaban J connectivity index is 1.80. The molecule has 0 aliphatic carbocycles. The molecule has 0 bridgehead atoms. The molecule has 3 rings (SSSR count). The number of aromatic nitrogens is 2. The average molecular weight is 491 g/mol. The molecule has 0 aromatic carbocycles. The molecule has 5 N–H and O–H groups in total. The highest BCUT2D eigenvalue weighted by atomic mass is 32.1. The number of piperidine rings is 1. The highest BCUT2D eigenvalue weighted by Crippen LogP contribution is 2.39. The van der Waals surface area contributed by atoms with Crippen molar-refractivity contribution in [2.75, 3.05) is 30.3 Å². The summed E-state index contributed by atoms with van der Waals surface area (Å²) in [6, 6.07) is -0.139. The van der Waals surface area contributed by atoms with Gasteiger partial charge in [-0.3, -0.25) is 4.79 Å². The van der Waals surface area contributed by atoms with Crippen molar-refractivity contribution in [2.24, 2.45) is 5.73 Å². The second kappa shape index (κ2) is 9.08. The standard InChI is InChI=1S/C19H25F3N6O4S/c1-18(2,3)32-17(30)25-9-4-6-28(7-5-9)16-26-14(31-8-19(20,21)22)10-11(23)12(13(24)29)33-15(10)27-16/h9H,4-8,23H2,1-3H3,(H2,24,29)(H,25,30). The van der Waals surface area contributed by atoms with E-state index in [1.165, 1.54) is 0 Å². The minimum absolute atomic E-state index is 0.0169. The highest BCUT2D eigenvalue weighted by Gasteiger charge is 2.31. The number of alkyl halides is 3. The van der Waals surface area contributed by atoms with Gasteiger partial charge in [0.25, 0.3) is 5.91 Å². The first kappa shape index (κ1) is 24.6. The number of rotatable bonds is 5. The van der Waals surface area contributed by atoms with Gasteiger partial charge in [-0.2, -0.15) is 18.2 Å². The summed E-state index contributed by atoms with van der Waals surface area (Å²) in [6.07, 6.45) is -4.04. The van der Waals surface area contributed by atoms with Crippen molar-refractivity contribution in [3.63, 3.8) is 0 Å². The van der Waals surface area contributed by atoms with Gasteiger partial charge in [0.1, 0.15) is 15.3 Å². The van der Waals surface area contributed by atoms with Crippen LogP contribution in [-0.4, -0.2) is 59.5 Å². The van der Waals surface area contributed by atoms with Crippen molar-refractivity contribution < 1.29 is 32.2 Å². The number of amides is 2. The lowest BCUT2D eigenvalue weighted by Gasteiger charge is -2.33. The van der Waals surface area contributed by atoms with Crippen molar-refractivity contribution in [1.82, 2.24) is 15.3 Å². The van der Waals surface area contributed by atoms with Crippen LogP contribution < -0.4 is 26.4 Å². The molecule has 0 atom stereocenters. The molecule has 14 heteroatoms. The van der Waals surface area contributed by atoms with E-state index in [-0.39, 0.29) is 38.7 Å². The zero-order chi connectivity index (χ0) is 24.6. The van der Waals surface area contributed by atoms with E-state index < -0.39 is 30.4 Å². The van der Waals surface area contributed by atoms with Crippen LogP contribution in [0.5, 0.6) is 5.88 Å². The Morgan fingerprint density at radius 3 is 2.39 bits per heavy atom. The molecule has 1 aliphatic heterocycles. The second-order valence-corrected chi connectivity index (χ2v) is 9.53. The summed E-state index contributed by atoms with van der Waals surface area (Å²) < 4.78 is 48.4. The van der Waals surface area contributed by atoms with Gasteiger partial charge in [0.15, 0.2) is 6.61 Å². The zero-order valence-electron chi connectivity index (χ0n) is 18.3. The maximum Gasteiger partial charge on any atom is 0.422 e. The van der Waals surface area contributed by atoms with Crippen LogP contribution in [0, 0.1) is 0 Å². The van der Waals surface area contributed by atoms with Gasteiger partial charge in [0.2, 0.25) is 11.8 Å². The van der Waals surface area contributed by atoms with Gasteiger partial charge >= 0.3 is 12.3 Å². The topological polar surface area (TPSA) is 146 Å².